The Morgan fingerprint density at radius 3 is 3.00 bits per heavy atom. The van der Waals surface area contributed by atoms with Gasteiger partial charge in [0.2, 0.25) is 0 Å². The number of nitrogens with two attached hydrogens (primary N) is 1. The fraction of sp³-hybridized carbons (Fsp3) is 0.286. The highest BCUT2D eigenvalue weighted by Crippen LogP contribution is 2.15. The summed E-state index contributed by atoms with van der Waals surface area (Å²) in [4.78, 5) is 14.0. The van der Waals surface area contributed by atoms with E-state index in [0.717, 1.165) is 15.4 Å². The van der Waals surface area contributed by atoms with Gasteiger partial charge in [0.15, 0.2) is 0 Å². The van der Waals surface area contributed by atoms with Crippen LogP contribution in [-0.2, 0) is 13.6 Å². The van der Waals surface area contributed by atoms with Crippen LogP contribution in [0.4, 0.5) is 0 Å². The zero-order valence-electron chi connectivity index (χ0n) is 11.4. The number of aryl methyl sites for hydroxylation is 1. The lowest BCUT2D eigenvalue weighted by Crippen LogP contribution is -2.22. The number of thiophene rings is 1. The Morgan fingerprint density at radius 2 is 2.35 bits per heavy atom. The Bertz CT molecular complexity index is 675. The molecule has 2 rings (SSSR count). The number of aromatic nitrogens is 2. The maximum Gasteiger partial charge on any atom is 0.255 e. The number of carbonyl (C=O) groups is 1. The lowest BCUT2D eigenvalue weighted by atomic mass is 10.2. The SMILES string of the molecule is Cc1c(C(=O)NCc2ccc(C#CCN)s2)cnn1C. The first-order chi connectivity index (χ1) is 9.61. The third-order valence-electron chi connectivity index (χ3n) is 2.88. The van der Waals surface area contributed by atoms with E-state index in [1.165, 1.54) is 0 Å². The van der Waals surface area contributed by atoms with Crippen LogP contribution in [0.5, 0.6) is 0 Å². The summed E-state index contributed by atoms with van der Waals surface area (Å²) in [6.07, 6.45) is 1.58. The zero-order chi connectivity index (χ0) is 14.5. The predicted octanol–water partition coefficient (Wildman–Crippen LogP) is 1.03. The fourth-order valence-corrected chi connectivity index (χ4v) is 2.48. The molecule has 0 aromatic carbocycles. The molecule has 0 aliphatic carbocycles. The molecule has 5 nitrogen and oxygen atoms in total. The van der Waals surface area contributed by atoms with Crippen molar-refractivity contribution in [3.05, 3.63) is 39.3 Å². The van der Waals surface area contributed by atoms with Gasteiger partial charge in [-0.2, -0.15) is 5.10 Å². The van der Waals surface area contributed by atoms with Crippen LogP contribution in [-0.4, -0.2) is 22.2 Å². The van der Waals surface area contributed by atoms with Gasteiger partial charge in [0.05, 0.1) is 29.7 Å². The van der Waals surface area contributed by atoms with Crippen LogP contribution in [0.15, 0.2) is 18.3 Å². The van der Waals surface area contributed by atoms with E-state index in [1.807, 2.05) is 26.1 Å². The molecule has 104 valence electrons. The second kappa shape index (κ2) is 6.37. The summed E-state index contributed by atoms with van der Waals surface area (Å²) < 4.78 is 1.68. The second-order valence-corrected chi connectivity index (χ2v) is 5.39. The van der Waals surface area contributed by atoms with E-state index in [0.29, 0.717) is 18.7 Å². The zero-order valence-corrected chi connectivity index (χ0v) is 12.3. The Labute approximate surface area is 121 Å². The third kappa shape index (κ3) is 3.26. The number of amides is 1. The van der Waals surface area contributed by atoms with Crippen LogP contribution in [0.2, 0.25) is 0 Å². The van der Waals surface area contributed by atoms with Crippen molar-refractivity contribution >= 4 is 17.2 Å². The molecule has 0 bridgehead atoms. The Balaban J connectivity index is 1.97. The number of hydrogen-bond acceptors (Lipinski definition) is 4. The van der Waals surface area contributed by atoms with Gasteiger partial charge in [-0.25, -0.2) is 0 Å². The summed E-state index contributed by atoms with van der Waals surface area (Å²) in [6.45, 7) is 2.71. The van der Waals surface area contributed by atoms with Gasteiger partial charge in [-0.05, 0) is 19.1 Å². The summed E-state index contributed by atoms with van der Waals surface area (Å²) in [7, 11) is 1.81. The molecule has 2 aromatic rings. The number of nitrogens with one attached hydrogen (secondary N) is 1. The molecule has 1 amide bonds. The molecular weight excluding hydrogens is 272 g/mol. The summed E-state index contributed by atoms with van der Waals surface area (Å²) in [6, 6.07) is 3.89. The summed E-state index contributed by atoms with van der Waals surface area (Å²) in [5.41, 5.74) is 6.78. The predicted molar refractivity (Wildman–Crippen MR) is 79.4 cm³/mol. The van der Waals surface area contributed by atoms with Crippen molar-refractivity contribution < 1.29 is 4.79 Å². The minimum atomic E-state index is -0.112. The summed E-state index contributed by atoms with van der Waals surface area (Å²) in [5.74, 6) is 5.67. The molecule has 0 saturated heterocycles. The van der Waals surface area contributed by atoms with E-state index in [-0.39, 0.29) is 5.91 Å². The van der Waals surface area contributed by atoms with E-state index in [4.69, 9.17) is 5.73 Å². The van der Waals surface area contributed by atoms with Crippen molar-refractivity contribution in [3.63, 3.8) is 0 Å². The van der Waals surface area contributed by atoms with E-state index in [2.05, 4.69) is 22.3 Å². The molecule has 2 aromatic heterocycles. The summed E-state index contributed by atoms with van der Waals surface area (Å²) >= 11 is 1.55. The third-order valence-corrected chi connectivity index (χ3v) is 3.88. The first-order valence-corrected chi connectivity index (χ1v) is 6.98. The van der Waals surface area contributed by atoms with Crippen molar-refractivity contribution in [3.8, 4) is 11.8 Å². The molecule has 0 aliphatic rings. The van der Waals surface area contributed by atoms with Crippen LogP contribution in [0.1, 0.15) is 25.8 Å². The monoisotopic (exact) mass is 288 g/mol. The molecule has 6 heteroatoms. The highest BCUT2D eigenvalue weighted by molar-refractivity contribution is 7.12. The topological polar surface area (TPSA) is 72.9 Å². The molecular formula is C14H16N4OS. The largest absolute Gasteiger partial charge is 0.347 e. The highest BCUT2D eigenvalue weighted by Gasteiger charge is 2.12. The molecule has 0 saturated carbocycles. The van der Waals surface area contributed by atoms with Crippen LogP contribution in [0.3, 0.4) is 0 Å². The Kier molecular flexibility index (Phi) is 4.56. The smallest absolute Gasteiger partial charge is 0.255 e. The quantitative estimate of drug-likeness (QED) is 0.829. The van der Waals surface area contributed by atoms with Crippen LogP contribution in [0.25, 0.3) is 0 Å². The molecule has 2 heterocycles. The van der Waals surface area contributed by atoms with Crippen LogP contribution >= 0.6 is 11.3 Å². The lowest BCUT2D eigenvalue weighted by molar-refractivity contribution is 0.0950. The van der Waals surface area contributed by atoms with Gasteiger partial charge < -0.3 is 11.1 Å². The van der Waals surface area contributed by atoms with Crippen LogP contribution in [0, 0.1) is 18.8 Å². The number of rotatable bonds is 3. The van der Waals surface area contributed by atoms with Crippen molar-refractivity contribution in [1.29, 1.82) is 0 Å². The van der Waals surface area contributed by atoms with Gasteiger partial charge >= 0.3 is 0 Å². The molecule has 0 atom stereocenters. The molecule has 0 spiro atoms. The van der Waals surface area contributed by atoms with Gasteiger partial charge in [0, 0.05) is 17.6 Å². The molecule has 0 unspecified atom stereocenters. The highest BCUT2D eigenvalue weighted by atomic mass is 32.1. The Hall–Kier alpha value is -2.10. The minimum Gasteiger partial charge on any atom is -0.347 e. The van der Waals surface area contributed by atoms with Crippen molar-refractivity contribution in [2.75, 3.05) is 6.54 Å². The molecule has 20 heavy (non-hydrogen) atoms. The van der Waals surface area contributed by atoms with Crippen molar-refractivity contribution in [2.24, 2.45) is 12.8 Å². The van der Waals surface area contributed by atoms with Gasteiger partial charge in [-0.1, -0.05) is 11.8 Å². The molecule has 3 N–H and O–H groups in total. The maximum atomic E-state index is 12.0. The first-order valence-electron chi connectivity index (χ1n) is 6.16. The van der Waals surface area contributed by atoms with Gasteiger partial charge in [0.1, 0.15) is 0 Å². The number of carbonyl (C=O) groups excluding carboxylic acids is 1. The van der Waals surface area contributed by atoms with Gasteiger partial charge in [-0.3, -0.25) is 9.48 Å². The average Bonchev–Trinajstić information content (AvgIpc) is 3.02. The van der Waals surface area contributed by atoms with Crippen molar-refractivity contribution in [1.82, 2.24) is 15.1 Å². The average molecular weight is 288 g/mol. The van der Waals surface area contributed by atoms with Crippen molar-refractivity contribution in [2.45, 2.75) is 13.5 Å². The Morgan fingerprint density at radius 1 is 1.55 bits per heavy atom. The van der Waals surface area contributed by atoms with Gasteiger partial charge in [-0.15, -0.1) is 11.3 Å². The molecule has 0 aliphatic heterocycles. The second-order valence-electron chi connectivity index (χ2n) is 4.22. The lowest BCUT2D eigenvalue weighted by Gasteiger charge is -2.02. The fourth-order valence-electron chi connectivity index (χ4n) is 1.66. The molecule has 0 fully saturated rings. The van der Waals surface area contributed by atoms with E-state index >= 15 is 0 Å². The maximum absolute atomic E-state index is 12.0. The van der Waals surface area contributed by atoms with Gasteiger partial charge in [0.25, 0.3) is 5.91 Å². The number of nitrogens with zero attached hydrogens (tertiary/aromatic N) is 2. The number of hydrogen-bond donors (Lipinski definition) is 2. The van der Waals surface area contributed by atoms with E-state index in [9.17, 15) is 4.79 Å². The standard InChI is InChI=1S/C14H16N4OS/c1-10-13(9-17-18(10)2)14(19)16-8-12-6-5-11(20-12)4-3-7-15/h5-6,9H,7-8,15H2,1-2H3,(H,16,19). The molecule has 0 radical (unpaired) electrons. The first kappa shape index (κ1) is 14.3. The summed E-state index contributed by atoms with van der Waals surface area (Å²) in [5, 5.41) is 6.94. The van der Waals surface area contributed by atoms with E-state index in [1.54, 1.807) is 22.2 Å². The van der Waals surface area contributed by atoms with E-state index < -0.39 is 0 Å². The minimum absolute atomic E-state index is 0.112. The normalized spacial score (nSPS) is 9.95. The van der Waals surface area contributed by atoms with Crippen LogP contribution < -0.4 is 11.1 Å².